The molecule has 0 saturated heterocycles. The molecule has 0 aliphatic carbocycles. The van der Waals surface area contributed by atoms with Crippen molar-refractivity contribution in [1.29, 1.82) is 0 Å². The van der Waals surface area contributed by atoms with Gasteiger partial charge in [0, 0.05) is 12.6 Å². The van der Waals surface area contributed by atoms with E-state index in [1.54, 1.807) is 31.2 Å². The molecule has 0 bridgehead atoms. The predicted octanol–water partition coefficient (Wildman–Crippen LogP) is 1.46. The van der Waals surface area contributed by atoms with Crippen molar-refractivity contribution < 1.29 is 13.5 Å². The molecule has 18 heavy (non-hydrogen) atoms. The summed E-state index contributed by atoms with van der Waals surface area (Å²) >= 11 is 0. The van der Waals surface area contributed by atoms with Crippen LogP contribution in [-0.4, -0.2) is 26.2 Å². The van der Waals surface area contributed by atoms with E-state index in [1.807, 2.05) is 6.92 Å². The average molecular weight is 269 g/mol. The second-order valence-electron chi connectivity index (χ2n) is 4.36. The number of sulfonamides is 1. The molecule has 0 radical (unpaired) electrons. The summed E-state index contributed by atoms with van der Waals surface area (Å²) in [6, 6.07) is 6.12. The van der Waals surface area contributed by atoms with Crippen LogP contribution in [0.25, 0.3) is 0 Å². The van der Waals surface area contributed by atoms with Crippen LogP contribution in [0.2, 0.25) is 0 Å². The number of benzene rings is 1. The van der Waals surface area contributed by atoms with Crippen molar-refractivity contribution in [1.82, 2.24) is 4.72 Å². The molecule has 0 unspecified atom stereocenters. The summed E-state index contributed by atoms with van der Waals surface area (Å²) in [5, 5.41) is 9.06. The molecule has 0 aliphatic heterocycles. The molecule has 1 rings (SSSR count). The van der Waals surface area contributed by atoms with Gasteiger partial charge in [-0.25, -0.2) is 13.1 Å². The van der Waals surface area contributed by atoms with Crippen LogP contribution in [-0.2, 0) is 10.0 Å². The maximum Gasteiger partial charge on any atom is 0.241 e. The van der Waals surface area contributed by atoms with E-state index < -0.39 is 16.1 Å². The third-order valence-electron chi connectivity index (χ3n) is 2.78. The molecule has 0 fully saturated rings. The fraction of sp³-hybridized carbons (Fsp3) is 0.385. The van der Waals surface area contributed by atoms with E-state index in [0.717, 1.165) is 5.56 Å². The molecule has 100 valence electrons. The molecule has 5 heteroatoms. The number of aryl methyl sites for hydroxylation is 1. The van der Waals surface area contributed by atoms with Crippen molar-refractivity contribution in [2.24, 2.45) is 5.92 Å². The van der Waals surface area contributed by atoms with Crippen LogP contribution < -0.4 is 4.72 Å². The van der Waals surface area contributed by atoms with E-state index in [0.29, 0.717) is 0 Å². The van der Waals surface area contributed by atoms with Gasteiger partial charge in [0.15, 0.2) is 0 Å². The van der Waals surface area contributed by atoms with Crippen molar-refractivity contribution in [3.8, 4) is 0 Å². The third-order valence-corrected chi connectivity index (χ3v) is 4.25. The lowest BCUT2D eigenvalue weighted by atomic mass is 10.1. The largest absolute Gasteiger partial charge is 0.396 e. The summed E-state index contributed by atoms with van der Waals surface area (Å²) in [5.41, 5.74) is 0.998. The highest BCUT2D eigenvalue weighted by Gasteiger charge is 2.21. The smallest absolute Gasteiger partial charge is 0.241 e. The number of nitrogens with one attached hydrogen (secondary N) is 1. The first kappa shape index (κ1) is 14.9. The number of aliphatic hydroxyl groups is 1. The second-order valence-corrected chi connectivity index (χ2v) is 6.07. The van der Waals surface area contributed by atoms with Crippen LogP contribution in [0.3, 0.4) is 0 Å². The van der Waals surface area contributed by atoms with Gasteiger partial charge < -0.3 is 5.11 Å². The maximum absolute atomic E-state index is 12.1. The molecule has 1 aromatic rings. The van der Waals surface area contributed by atoms with Gasteiger partial charge in [0.1, 0.15) is 0 Å². The van der Waals surface area contributed by atoms with Crippen LogP contribution in [0.5, 0.6) is 0 Å². The van der Waals surface area contributed by atoms with Crippen LogP contribution in [0.4, 0.5) is 0 Å². The molecule has 0 aliphatic rings. The summed E-state index contributed by atoms with van der Waals surface area (Å²) in [5.74, 6) is -0.220. The first-order valence-corrected chi connectivity index (χ1v) is 7.21. The summed E-state index contributed by atoms with van der Waals surface area (Å²) in [6.45, 7) is 7.13. The maximum atomic E-state index is 12.1. The molecule has 0 aromatic heterocycles. The lowest BCUT2D eigenvalue weighted by Crippen LogP contribution is -2.39. The molecule has 0 amide bonds. The second kappa shape index (κ2) is 6.13. The van der Waals surface area contributed by atoms with Gasteiger partial charge in [0.05, 0.1) is 4.90 Å². The summed E-state index contributed by atoms with van der Waals surface area (Å²) < 4.78 is 26.7. The molecular formula is C13H19NO3S. The number of hydrogen-bond acceptors (Lipinski definition) is 3. The molecule has 0 spiro atoms. The average Bonchev–Trinajstić information content (AvgIpc) is 2.35. The van der Waals surface area contributed by atoms with Gasteiger partial charge >= 0.3 is 0 Å². The molecule has 0 saturated carbocycles. The van der Waals surface area contributed by atoms with Crippen molar-refractivity contribution in [3.05, 3.63) is 42.5 Å². The van der Waals surface area contributed by atoms with Crippen LogP contribution in [0, 0.1) is 12.8 Å². The van der Waals surface area contributed by atoms with Crippen LogP contribution in [0.1, 0.15) is 12.5 Å². The van der Waals surface area contributed by atoms with Gasteiger partial charge in [0.25, 0.3) is 0 Å². The molecule has 2 N–H and O–H groups in total. The summed E-state index contributed by atoms with van der Waals surface area (Å²) in [4.78, 5) is 0.213. The first-order chi connectivity index (χ1) is 8.40. The standard InChI is InChI=1S/C13H19NO3S/c1-4-13(11(3)9-15)14-18(16,17)12-7-5-10(2)6-8-12/h4-8,11,13-15H,1,9H2,2-3H3/t11-,13+/m1/s1. The van der Waals surface area contributed by atoms with Crippen LogP contribution in [0.15, 0.2) is 41.8 Å². The Hall–Kier alpha value is -1.17. The Morgan fingerprint density at radius 2 is 1.94 bits per heavy atom. The third kappa shape index (κ3) is 3.66. The predicted molar refractivity (Wildman–Crippen MR) is 71.7 cm³/mol. The Morgan fingerprint density at radius 3 is 2.39 bits per heavy atom. The SMILES string of the molecule is C=C[C@H](NS(=O)(=O)c1ccc(C)cc1)[C@H](C)CO. The minimum absolute atomic E-state index is 0.104. The van der Waals surface area contributed by atoms with Gasteiger partial charge in [-0.3, -0.25) is 0 Å². The Balaban J connectivity index is 2.93. The zero-order valence-corrected chi connectivity index (χ0v) is 11.4. The number of rotatable bonds is 6. The van der Waals surface area contributed by atoms with Crippen molar-refractivity contribution in [2.45, 2.75) is 24.8 Å². The Labute approximate surface area is 108 Å². The van der Waals surface area contributed by atoms with Gasteiger partial charge in [-0.1, -0.05) is 30.7 Å². The lowest BCUT2D eigenvalue weighted by Gasteiger charge is -2.20. The van der Waals surface area contributed by atoms with Crippen molar-refractivity contribution in [3.63, 3.8) is 0 Å². The van der Waals surface area contributed by atoms with E-state index in [9.17, 15) is 8.42 Å². The lowest BCUT2D eigenvalue weighted by molar-refractivity contribution is 0.223. The molecule has 2 atom stereocenters. The highest BCUT2D eigenvalue weighted by atomic mass is 32.2. The molecule has 0 heterocycles. The van der Waals surface area contributed by atoms with E-state index >= 15 is 0 Å². The quantitative estimate of drug-likeness (QED) is 0.768. The summed E-state index contributed by atoms with van der Waals surface area (Å²) in [6.07, 6.45) is 1.49. The van der Waals surface area contributed by atoms with Crippen LogP contribution >= 0.6 is 0 Å². The Bertz CT molecular complexity index is 493. The monoisotopic (exact) mass is 269 g/mol. The topological polar surface area (TPSA) is 66.4 Å². The van der Waals surface area contributed by atoms with Crippen molar-refractivity contribution >= 4 is 10.0 Å². The minimum atomic E-state index is -3.58. The van der Waals surface area contributed by atoms with Gasteiger partial charge in [0.2, 0.25) is 10.0 Å². The van der Waals surface area contributed by atoms with E-state index in [1.165, 1.54) is 6.08 Å². The first-order valence-electron chi connectivity index (χ1n) is 5.73. The van der Waals surface area contributed by atoms with Crippen molar-refractivity contribution in [2.75, 3.05) is 6.61 Å². The molecule has 1 aromatic carbocycles. The van der Waals surface area contributed by atoms with E-state index in [-0.39, 0.29) is 17.4 Å². The zero-order valence-electron chi connectivity index (χ0n) is 10.6. The normalized spacial score (nSPS) is 15.1. The van der Waals surface area contributed by atoms with Gasteiger partial charge in [-0.15, -0.1) is 6.58 Å². The highest BCUT2D eigenvalue weighted by molar-refractivity contribution is 7.89. The number of aliphatic hydroxyl groups excluding tert-OH is 1. The fourth-order valence-corrected chi connectivity index (χ4v) is 2.79. The van der Waals surface area contributed by atoms with Gasteiger partial charge in [-0.05, 0) is 25.0 Å². The number of hydrogen-bond donors (Lipinski definition) is 2. The van der Waals surface area contributed by atoms with E-state index in [4.69, 9.17) is 5.11 Å². The Morgan fingerprint density at radius 1 is 1.39 bits per heavy atom. The Kier molecular flexibility index (Phi) is 5.07. The molecule has 4 nitrogen and oxygen atoms in total. The highest BCUT2D eigenvalue weighted by Crippen LogP contribution is 2.13. The summed E-state index contributed by atoms with van der Waals surface area (Å²) in [7, 11) is -3.58. The molecular weight excluding hydrogens is 250 g/mol. The van der Waals surface area contributed by atoms with Gasteiger partial charge in [-0.2, -0.15) is 0 Å². The fourth-order valence-electron chi connectivity index (χ4n) is 1.47. The van der Waals surface area contributed by atoms with E-state index in [2.05, 4.69) is 11.3 Å². The minimum Gasteiger partial charge on any atom is -0.396 e. The zero-order chi connectivity index (χ0) is 13.8.